The van der Waals surface area contributed by atoms with Gasteiger partial charge in [0.05, 0.1) is 0 Å². The zero-order valence-corrected chi connectivity index (χ0v) is 22.9. The third-order valence-electron chi connectivity index (χ3n) is 8.17. The maximum absolute atomic E-state index is 5.76. The molecular weight excluding hydrogens is 453 g/mol. The standard InChI is InChI=1S/C20H32NP.C10H10.Ti/c1-2-10-17(9-1)21-22(18-11-3-4-12-18,19-13-5-6-14-19)20-15-7-8-16-20;1-3-9(2)10-7-5-4-6-8-10;/h1-2,9,18-20H,3-8,10-16H2;3-8H,1-2H2;. The molecule has 0 aromatic heterocycles. The summed E-state index contributed by atoms with van der Waals surface area (Å²) >= 11 is 0. The van der Waals surface area contributed by atoms with Crippen LogP contribution in [0.3, 0.4) is 0 Å². The van der Waals surface area contributed by atoms with Gasteiger partial charge in [0.2, 0.25) is 0 Å². The van der Waals surface area contributed by atoms with Crippen LogP contribution < -0.4 is 0 Å². The van der Waals surface area contributed by atoms with Crippen LogP contribution in [-0.4, -0.2) is 17.0 Å². The van der Waals surface area contributed by atoms with Crippen molar-refractivity contribution >= 4 is 12.6 Å². The van der Waals surface area contributed by atoms with E-state index >= 15 is 0 Å². The van der Waals surface area contributed by atoms with E-state index in [1.54, 1.807) is 6.08 Å². The first kappa shape index (κ1) is 26.7. The Hall–Kier alpha value is -0.876. The SMILES string of the molecule is C1=CCC(N=P(C2CCCC2)(C2CCCC2)C2CCCC2)=C1.C=CC(=C)c1ccccc1.[Ti]. The summed E-state index contributed by atoms with van der Waals surface area (Å²) in [7, 11) is -1.17. The average molecular weight is 496 g/mol. The molecule has 0 heterocycles. The van der Waals surface area contributed by atoms with Gasteiger partial charge in [-0.3, -0.25) is 4.74 Å². The minimum atomic E-state index is -1.17. The quantitative estimate of drug-likeness (QED) is 0.212. The van der Waals surface area contributed by atoms with Gasteiger partial charge in [0.25, 0.3) is 0 Å². The first-order chi connectivity index (χ1) is 15.7. The fourth-order valence-electron chi connectivity index (χ4n) is 6.60. The number of allylic oxidation sites excluding steroid dienone is 5. The molecule has 3 saturated carbocycles. The molecule has 4 aliphatic rings. The Kier molecular flexibility index (Phi) is 10.8. The molecule has 0 bridgehead atoms. The third kappa shape index (κ3) is 6.42. The molecule has 0 aliphatic heterocycles. The summed E-state index contributed by atoms with van der Waals surface area (Å²) in [6, 6.07) is 10.0. The van der Waals surface area contributed by atoms with Crippen LogP contribution in [0.15, 0.2) is 78.2 Å². The van der Waals surface area contributed by atoms with Crippen LogP contribution in [0.1, 0.15) is 89.0 Å². The molecule has 3 fully saturated rings. The van der Waals surface area contributed by atoms with Gasteiger partial charge in [-0.1, -0.05) is 100 Å². The van der Waals surface area contributed by atoms with E-state index in [0.717, 1.165) is 34.5 Å². The van der Waals surface area contributed by atoms with Crippen molar-refractivity contribution in [1.29, 1.82) is 0 Å². The molecular formula is C30H42NPTi. The van der Waals surface area contributed by atoms with Crippen LogP contribution in [0.25, 0.3) is 5.57 Å². The monoisotopic (exact) mass is 495 g/mol. The normalized spacial score (nSPS) is 21.3. The second kappa shape index (κ2) is 13.3. The first-order valence-corrected chi connectivity index (χ1v) is 15.0. The Bertz CT molecular complexity index is 832. The third-order valence-corrected chi connectivity index (χ3v) is 13.8. The van der Waals surface area contributed by atoms with Crippen molar-refractivity contribution in [3.63, 3.8) is 0 Å². The summed E-state index contributed by atoms with van der Waals surface area (Å²) < 4.78 is 5.76. The number of benzene rings is 1. The summed E-state index contributed by atoms with van der Waals surface area (Å²) in [5.41, 5.74) is 6.55. The van der Waals surface area contributed by atoms with E-state index < -0.39 is 7.05 Å². The summed E-state index contributed by atoms with van der Waals surface area (Å²) in [6.45, 7) is 7.46. The van der Waals surface area contributed by atoms with Gasteiger partial charge in [-0.15, -0.1) is 0 Å². The van der Waals surface area contributed by atoms with E-state index in [9.17, 15) is 0 Å². The predicted octanol–water partition coefficient (Wildman–Crippen LogP) is 9.74. The molecule has 33 heavy (non-hydrogen) atoms. The van der Waals surface area contributed by atoms with Crippen LogP contribution in [-0.2, 0) is 21.7 Å². The van der Waals surface area contributed by atoms with Crippen LogP contribution in [0.2, 0.25) is 0 Å². The fourth-order valence-corrected chi connectivity index (χ4v) is 13.0. The van der Waals surface area contributed by atoms with Crippen LogP contribution in [0.5, 0.6) is 0 Å². The molecule has 5 rings (SSSR count). The van der Waals surface area contributed by atoms with Crippen LogP contribution in [0, 0.1) is 0 Å². The van der Waals surface area contributed by atoms with E-state index in [0.29, 0.717) is 0 Å². The summed E-state index contributed by atoms with van der Waals surface area (Å²) in [6.07, 6.45) is 27.7. The van der Waals surface area contributed by atoms with E-state index in [-0.39, 0.29) is 21.7 Å². The van der Waals surface area contributed by atoms with E-state index in [1.165, 1.54) is 82.7 Å². The molecule has 0 amide bonds. The molecule has 0 saturated heterocycles. The molecule has 0 spiro atoms. The number of rotatable bonds is 6. The zero-order chi connectivity index (χ0) is 22.2. The second-order valence-electron chi connectivity index (χ2n) is 10.1. The summed E-state index contributed by atoms with van der Waals surface area (Å²) in [5, 5.41) is 0. The minimum absolute atomic E-state index is 0. The van der Waals surface area contributed by atoms with Crippen molar-refractivity contribution in [3.05, 3.63) is 79.1 Å². The topological polar surface area (TPSA) is 12.4 Å². The van der Waals surface area contributed by atoms with Gasteiger partial charge in [0.15, 0.2) is 0 Å². The molecule has 0 unspecified atom stereocenters. The Morgan fingerprint density at radius 3 is 1.70 bits per heavy atom. The van der Waals surface area contributed by atoms with Gasteiger partial charge in [-0.05, 0) is 79.8 Å². The molecule has 1 nitrogen and oxygen atoms in total. The predicted molar refractivity (Wildman–Crippen MR) is 144 cm³/mol. The summed E-state index contributed by atoms with van der Waals surface area (Å²) in [5.74, 6) is 0. The van der Waals surface area contributed by atoms with Crippen molar-refractivity contribution in [2.45, 2.75) is 100 Å². The zero-order valence-electron chi connectivity index (χ0n) is 20.4. The molecule has 176 valence electrons. The van der Waals surface area contributed by atoms with Crippen molar-refractivity contribution in [2.75, 3.05) is 0 Å². The smallest absolute Gasteiger partial charge is 0.0425 e. The van der Waals surface area contributed by atoms with E-state index in [2.05, 4.69) is 31.4 Å². The van der Waals surface area contributed by atoms with Crippen molar-refractivity contribution < 1.29 is 21.7 Å². The molecule has 3 heteroatoms. The Labute approximate surface area is 217 Å². The molecule has 0 radical (unpaired) electrons. The summed E-state index contributed by atoms with van der Waals surface area (Å²) in [4.78, 5) is 0. The van der Waals surface area contributed by atoms with E-state index in [4.69, 9.17) is 4.74 Å². The number of hydrogen-bond acceptors (Lipinski definition) is 1. The first-order valence-electron chi connectivity index (χ1n) is 13.1. The van der Waals surface area contributed by atoms with Crippen molar-refractivity contribution in [3.8, 4) is 0 Å². The molecule has 1 aromatic rings. The average Bonchev–Trinajstić information content (AvgIpc) is 3.66. The number of hydrogen-bond donors (Lipinski definition) is 0. The van der Waals surface area contributed by atoms with Crippen molar-refractivity contribution in [2.24, 2.45) is 4.74 Å². The number of nitrogens with zero attached hydrogens (tertiary/aromatic N) is 1. The van der Waals surface area contributed by atoms with Gasteiger partial charge in [0, 0.05) is 33.8 Å². The Balaban J connectivity index is 0.000000237. The maximum atomic E-state index is 5.76. The molecule has 4 aliphatic carbocycles. The van der Waals surface area contributed by atoms with Gasteiger partial charge >= 0.3 is 0 Å². The second-order valence-corrected chi connectivity index (χ2v) is 14.1. The fraction of sp³-hybridized carbons (Fsp3) is 0.533. The van der Waals surface area contributed by atoms with Gasteiger partial charge in [-0.25, -0.2) is 0 Å². The van der Waals surface area contributed by atoms with E-state index in [1.807, 2.05) is 30.3 Å². The largest absolute Gasteiger partial charge is 0.271 e. The molecule has 0 N–H and O–H groups in total. The molecule has 1 aromatic carbocycles. The Morgan fingerprint density at radius 1 is 0.818 bits per heavy atom. The maximum Gasteiger partial charge on any atom is 0.0425 e. The van der Waals surface area contributed by atoms with Gasteiger partial charge in [-0.2, -0.15) is 0 Å². The van der Waals surface area contributed by atoms with Crippen LogP contribution in [0.4, 0.5) is 0 Å². The molecule has 0 atom stereocenters. The van der Waals surface area contributed by atoms with Gasteiger partial charge < -0.3 is 0 Å². The van der Waals surface area contributed by atoms with Gasteiger partial charge in [0.1, 0.15) is 0 Å². The van der Waals surface area contributed by atoms with Crippen LogP contribution >= 0.6 is 7.05 Å². The Morgan fingerprint density at radius 2 is 1.30 bits per heavy atom. The minimum Gasteiger partial charge on any atom is -0.271 e. The van der Waals surface area contributed by atoms with Crippen molar-refractivity contribution in [1.82, 2.24) is 0 Å².